The molecular weight excluding hydrogens is 455 g/mol. The first-order chi connectivity index (χ1) is 15.7. The van der Waals surface area contributed by atoms with Crippen molar-refractivity contribution in [1.82, 2.24) is 0 Å². The fourth-order valence-electron chi connectivity index (χ4n) is 4.11. The summed E-state index contributed by atoms with van der Waals surface area (Å²) < 4.78 is 52.9. The number of primary amides is 1. The highest BCUT2D eigenvalue weighted by molar-refractivity contribution is 5.76. The van der Waals surface area contributed by atoms with Gasteiger partial charge in [-0.2, -0.15) is 0 Å². The second kappa shape index (κ2) is 9.34. The van der Waals surface area contributed by atoms with E-state index in [2.05, 4.69) is 4.74 Å². The highest BCUT2D eigenvalue weighted by Gasteiger charge is 2.38. The molecule has 1 aliphatic rings. The molecule has 0 saturated heterocycles. The number of benzene rings is 2. The van der Waals surface area contributed by atoms with Crippen LogP contribution in [0.4, 0.5) is 18.0 Å². The van der Waals surface area contributed by atoms with Gasteiger partial charge in [-0.15, -0.1) is 13.2 Å². The molecule has 3 atom stereocenters. The molecule has 1 amide bonds. The van der Waals surface area contributed by atoms with E-state index in [1.807, 2.05) is 20.8 Å². The molecule has 0 fully saturated rings. The molecule has 3 unspecified atom stereocenters. The number of alkyl halides is 3. The minimum atomic E-state index is -4.82. The standard InChI is InChI=1S/C24H28F3NO6/c1-12(29)19(30)18-15-9-10-32-20(15)16(11-17(18)21(23(2,3)4)33-22(28)31)13-5-7-14(8-6-13)34-24(25,26)27/h5-8,11-12,19,21,29-30H,9-10H2,1-4H3,(H2,28,31). The second-order valence-corrected chi connectivity index (χ2v) is 9.27. The van der Waals surface area contributed by atoms with Crippen molar-refractivity contribution >= 4 is 6.09 Å². The number of hydrogen-bond acceptors (Lipinski definition) is 6. The summed E-state index contributed by atoms with van der Waals surface area (Å²) >= 11 is 0. The average Bonchev–Trinajstić information content (AvgIpc) is 3.18. The number of halogens is 3. The van der Waals surface area contributed by atoms with Gasteiger partial charge in [-0.05, 0) is 36.2 Å². The number of hydrogen-bond donors (Lipinski definition) is 3. The summed E-state index contributed by atoms with van der Waals surface area (Å²) in [5, 5.41) is 21.1. The molecule has 7 nitrogen and oxygen atoms in total. The van der Waals surface area contributed by atoms with Gasteiger partial charge in [-0.3, -0.25) is 0 Å². The molecule has 1 aliphatic heterocycles. The molecule has 34 heavy (non-hydrogen) atoms. The van der Waals surface area contributed by atoms with E-state index in [-0.39, 0.29) is 5.75 Å². The number of aliphatic hydroxyl groups excluding tert-OH is 2. The number of amides is 1. The van der Waals surface area contributed by atoms with Crippen LogP contribution in [0, 0.1) is 5.41 Å². The summed E-state index contributed by atoms with van der Waals surface area (Å²) in [6.45, 7) is 7.21. The number of rotatable bonds is 6. The fraction of sp³-hybridized carbons (Fsp3) is 0.458. The molecule has 3 rings (SSSR count). The summed E-state index contributed by atoms with van der Waals surface area (Å²) in [6.07, 6.45) is -8.75. The van der Waals surface area contributed by atoms with Crippen LogP contribution in [0.3, 0.4) is 0 Å². The molecule has 0 aliphatic carbocycles. The van der Waals surface area contributed by atoms with Crippen molar-refractivity contribution in [3.8, 4) is 22.6 Å². The molecular formula is C24H28F3NO6. The molecule has 2 aromatic carbocycles. The Morgan fingerprint density at radius 1 is 1.15 bits per heavy atom. The number of fused-ring (bicyclic) bond motifs is 1. The number of carbonyl (C=O) groups excluding carboxylic acids is 1. The first-order valence-corrected chi connectivity index (χ1v) is 10.7. The van der Waals surface area contributed by atoms with E-state index in [0.717, 1.165) is 0 Å². The first kappa shape index (κ1) is 25.6. The van der Waals surface area contributed by atoms with Crippen LogP contribution < -0.4 is 15.2 Å². The average molecular weight is 483 g/mol. The Balaban J connectivity index is 2.24. The smallest absolute Gasteiger partial charge is 0.492 e. The van der Waals surface area contributed by atoms with Crippen molar-refractivity contribution in [1.29, 1.82) is 0 Å². The minimum Gasteiger partial charge on any atom is -0.492 e. The Labute approximate surface area is 195 Å². The first-order valence-electron chi connectivity index (χ1n) is 10.7. The van der Waals surface area contributed by atoms with Gasteiger partial charge in [0.2, 0.25) is 0 Å². The summed E-state index contributed by atoms with van der Waals surface area (Å²) in [4.78, 5) is 11.7. The highest BCUT2D eigenvalue weighted by atomic mass is 19.4. The highest BCUT2D eigenvalue weighted by Crippen LogP contribution is 2.48. The van der Waals surface area contributed by atoms with Gasteiger partial charge >= 0.3 is 12.5 Å². The topological polar surface area (TPSA) is 111 Å². The van der Waals surface area contributed by atoms with Gasteiger partial charge in [0, 0.05) is 28.5 Å². The number of carbonyl (C=O) groups is 1. The van der Waals surface area contributed by atoms with Gasteiger partial charge in [0.25, 0.3) is 0 Å². The van der Waals surface area contributed by atoms with Crippen molar-refractivity contribution in [3.63, 3.8) is 0 Å². The van der Waals surface area contributed by atoms with Crippen LogP contribution in [-0.2, 0) is 11.2 Å². The van der Waals surface area contributed by atoms with Gasteiger partial charge in [0.1, 0.15) is 23.7 Å². The van der Waals surface area contributed by atoms with E-state index in [0.29, 0.717) is 46.6 Å². The second-order valence-electron chi connectivity index (χ2n) is 9.27. The largest absolute Gasteiger partial charge is 0.573 e. The van der Waals surface area contributed by atoms with Gasteiger partial charge in [-0.1, -0.05) is 32.9 Å². The lowest BCUT2D eigenvalue weighted by Gasteiger charge is -2.34. The predicted molar refractivity (Wildman–Crippen MR) is 117 cm³/mol. The van der Waals surface area contributed by atoms with Crippen LogP contribution in [0.25, 0.3) is 11.1 Å². The summed E-state index contributed by atoms with van der Waals surface area (Å²) in [7, 11) is 0. The molecule has 0 bridgehead atoms. The minimum absolute atomic E-state index is 0.303. The molecule has 10 heteroatoms. The Morgan fingerprint density at radius 2 is 1.76 bits per heavy atom. The third-order valence-electron chi connectivity index (χ3n) is 5.51. The normalized spacial score (nSPS) is 16.3. The summed E-state index contributed by atoms with van der Waals surface area (Å²) in [5.74, 6) is 0.0643. The molecule has 0 radical (unpaired) electrons. The molecule has 0 aromatic heterocycles. The van der Waals surface area contributed by atoms with Crippen LogP contribution in [0.15, 0.2) is 30.3 Å². The number of aliphatic hydroxyl groups is 2. The fourth-order valence-corrected chi connectivity index (χ4v) is 4.11. The number of ether oxygens (including phenoxy) is 3. The van der Waals surface area contributed by atoms with E-state index in [1.165, 1.54) is 31.2 Å². The molecule has 1 heterocycles. The van der Waals surface area contributed by atoms with Crippen molar-refractivity contribution in [2.75, 3.05) is 6.61 Å². The van der Waals surface area contributed by atoms with E-state index in [4.69, 9.17) is 15.2 Å². The van der Waals surface area contributed by atoms with Crippen molar-refractivity contribution in [2.45, 2.75) is 58.8 Å². The maximum atomic E-state index is 12.5. The molecule has 4 N–H and O–H groups in total. The van der Waals surface area contributed by atoms with Crippen LogP contribution in [-0.4, -0.2) is 35.4 Å². The molecule has 186 valence electrons. The lowest BCUT2D eigenvalue weighted by Crippen LogP contribution is -2.29. The van der Waals surface area contributed by atoms with Crippen molar-refractivity contribution < 1.29 is 42.4 Å². The van der Waals surface area contributed by atoms with Gasteiger partial charge in [-0.25, -0.2) is 4.79 Å². The van der Waals surface area contributed by atoms with Crippen LogP contribution in [0.1, 0.15) is 56.6 Å². The zero-order valence-electron chi connectivity index (χ0n) is 19.3. The monoisotopic (exact) mass is 483 g/mol. The zero-order chi connectivity index (χ0) is 25.4. The van der Waals surface area contributed by atoms with Crippen molar-refractivity contribution in [2.24, 2.45) is 11.1 Å². The third kappa shape index (κ3) is 5.56. The summed E-state index contributed by atoms with van der Waals surface area (Å²) in [6, 6.07) is 6.93. The Morgan fingerprint density at radius 3 is 2.26 bits per heavy atom. The Hall–Kier alpha value is -2.98. The van der Waals surface area contributed by atoms with E-state index in [9.17, 15) is 28.2 Å². The van der Waals surface area contributed by atoms with Gasteiger partial charge < -0.3 is 30.2 Å². The van der Waals surface area contributed by atoms with E-state index in [1.54, 1.807) is 6.07 Å². The van der Waals surface area contributed by atoms with Crippen LogP contribution >= 0.6 is 0 Å². The quantitative estimate of drug-likeness (QED) is 0.545. The number of nitrogens with two attached hydrogens (primary N) is 1. The molecule has 0 spiro atoms. The van der Waals surface area contributed by atoms with Gasteiger partial charge in [0.15, 0.2) is 0 Å². The molecule has 2 aromatic rings. The lowest BCUT2D eigenvalue weighted by atomic mass is 9.78. The lowest BCUT2D eigenvalue weighted by molar-refractivity contribution is -0.274. The summed E-state index contributed by atoms with van der Waals surface area (Å²) in [5.41, 5.74) is 7.17. The van der Waals surface area contributed by atoms with E-state index < -0.39 is 36.2 Å². The molecule has 0 saturated carbocycles. The SMILES string of the molecule is CC(O)C(O)c1c(C(OC(N)=O)C(C)(C)C)cc(-c2ccc(OC(F)(F)F)cc2)c2c1CCO2. The maximum absolute atomic E-state index is 12.5. The predicted octanol–water partition coefficient (Wildman–Crippen LogP) is 4.78. The Kier molecular flexibility index (Phi) is 7.05. The maximum Gasteiger partial charge on any atom is 0.573 e. The third-order valence-corrected chi connectivity index (χ3v) is 5.51. The Bertz CT molecular complexity index is 1040. The van der Waals surface area contributed by atoms with E-state index >= 15 is 0 Å². The van der Waals surface area contributed by atoms with Crippen LogP contribution in [0.2, 0.25) is 0 Å². The zero-order valence-corrected chi connectivity index (χ0v) is 19.3. The van der Waals surface area contributed by atoms with Crippen molar-refractivity contribution in [3.05, 3.63) is 47.0 Å². The van der Waals surface area contributed by atoms with Gasteiger partial charge in [0.05, 0.1) is 12.7 Å². The van der Waals surface area contributed by atoms with Crippen LogP contribution in [0.5, 0.6) is 11.5 Å².